The number of rotatable bonds is 3. The number of para-hydroxylation sites is 1. The average molecular weight is 312 g/mol. The van der Waals surface area contributed by atoms with Gasteiger partial charge in [0.05, 0.1) is 10.2 Å². The van der Waals surface area contributed by atoms with E-state index in [4.69, 9.17) is 0 Å². The quantitative estimate of drug-likeness (QED) is 0.511. The summed E-state index contributed by atoms with van der Waals surface area (Å²) in [6, 6.07) is 12.0. The van der Waals surface area contributed by atoms with Gasteiger partial charge in [0, 0.05) is 6.08 Å². The van der Waals surface area contributed by atoms with Crippen LogP contribution in [0.3, 0.4) is 0 Å². The van der Waals surface area contributed by atoms with Crippen molar-refractivity contribution in [1.82, 2.24) is 4.98 Å². The number of anilines is 1. The van der Waals surface area contributed by atoms with Crippen molar-refractivity contribution >= 4 is 38.7 Å². The third-order valence-electron chi connectivity index (χ3n) is 2.95. The molecule has 0 saturated heterocycles. The summed E-state index contributed by atoms with van der Waals surface area (Å²) in [7, 11) is 0. The van der Waals surface area contributed by atoms with Crippen LogP contribution in [0, 0.1) is 0 Å². The molecule has 0 saturated carbocycles. The Morgan fingerprint density at radius 2 is 1.95 bits per heavy atom. The molecule has 110 valence electrons. The van der Waals surface area contributed by atoms with Crippen molar-refractivity contribution < 1.29 is 15.0 Å². The van der Waals surface area contributed by atoms with Crippen molar-refractivity contribution in [3.05, 3.63) is 54.1 Å². The fourth-order valence-electron chi connectivity index (χ4n) is 1.89. The zero-order valence-corrected chi connectivity index (χ0v) is 12.2. The maximum absolute atomic E-state index is 11.9. The summed E-state index contributed by atoms with van der Waals surface area (Å²) < 4.78 is 1.00. The number of hydrogen-bond acceptors (Lipinski definition) is 5. The molecule has 1 amide bonds. The summed E-state index contributed by atoms with van der Waals surface area (Å²) >= 11 is 1.40. The van der Waals surface area contributed by atoms with E-state index in [0.29, 0.717) is 10.7 Å². The van der Waals surface area contributed by atoms with Gasteiger partial charge in [-0.15, -0.1) is 0 Å². The highest BCUT2D eigenvalue weighted by atomic mass is 32.1. The average Bonchev–Trinajstić information content (AvgIpc) is 2.90. The molecule has 2 aromatic carbocycles. The molecule has 0 bridgehead atoms. The van der Waals surface area contributed by atoms with Gasteiger partial charge in [0.25, 0.3) is 0 Å². The SMILES string of the molecule is O=C(/C=C/c1ccc(O)c(O)c1)Nc1nc2ccccc2s1. The Hall–Kier alpha value is -2.86. The second-order valence-electron chi connectivity index (χ2n) is 4.56. The fraction of sp³-hybridized carbons (Fsp3) is 0. The van der Waals surface area contributed by atoms with Crippen LogP contribution in [0.2, 0.25) is 0 Å². The summed E-state index contributed by atoms with van der Waals surface area (Å²) in [5.41, 5.74) is 1.45. The van der Waals surface area contributed by atoms with Crippen LogP contribution >= 0.6 is 11.3 Å². The number of hydrogen-bond donors (Lipinski definition) is 3. The zero-order chi connectivity index (χ0) is 15.5. The molecular weight excluding hydrogens is 300 g/mol. The zero-order valence-electron chi connectivity index (χ0n) is 11.4. The normalized spacial score (nSPS) is 11.1. The van der Waals surface area contributed by atoms with E-state index in [9.17, 15) is 15.0 Å². The van der Waals surface area contributed by atoms with Crippen molar-refractivity contribution in [3.8, 4) is 11.5 Å². The molecule has 0 radical (unpaired) electrons. The number of thiazole rings is 1. The Labute approximate surface area is 130 Å². The number of carbonyl (C=O) groups is 1. The number of aromatic nitrogens is 1. The second kappa shape index (κ2) is 5.87. The summed E-state index contributed by atoms with van der Waals surface area (Å²) in [4.78, 5) is 16.2. The van der Waals surface area contributed by atoms with E-state index in [1.54, 1.807) is 12.1 Å². The molecule has 0 aliphatic heterocycles. The van der Waals surface area contributed by atoms with Gasteiger partial charge in [-0.1, -0.05) is 29.5 Å². The Morgan fingerprint density at radius 1 is 1.14 bits per heavy atom. The number of nitrogens with zero attached hydrogens (tertiary/aromatic N) is 1. The number of carbonyl (C=O) groups excluding carboxylic acids is 1. The van der Waals surface area contributed by atoms with Crippen LogP contribution in [-0.2, 0) is 4.79 Å². The van der Waals surface area contributed by atoms with Crippen LogP contribution < -0.4 is 5.32 Å². The Kier molecular flexibility index (Phi) is 3.76. The van der Waals surface area contributed by atoms with Gasteiger partial charge in [-0.2, -0.15) is 0 Å². The molecule has 5 nitrogen and oxygen atoms in total. The summed E-state index contributed by atoms with van der Waals surface area (Å²) in [6.07, 6.45) is 2.89. The van der Waals surface area contributed by atoms with Gasteiger partial charge in [0.2, 0.25) is 5.91 Å². The monoisotopic (exact) mass is 312 g/mol. The number of phenols is 2. The molecule has 0 atom stereocenters. The van der Waals surface area contributed by atoms with Crippen molar-refractivity contribution in [2.75, 3.05) is 5.32 Å². The second-order valence-corrected chi connectivity index (χ2v) is 5.59. The van der Waals surface area contributed by atoms with E-state index in [1.807, 2.05) is 24.3 Å². The van der Waals surface area contributed by atoms with Crippen molar-refractivity contribution in [2.24, 2.45) is 0 Å². The molecular formula is C16H12N2O3S. The summed E-state index contributed by atoms with van der Waals surface area (Å²) in [6.45, 7) is 0. The summed E-state index contributed by atoms with van der Waals surface area (Å²) in [5.74, 6) is -0.739. The van der Waals surface area contributed by atoms with Crippen LogP contribution in [0.4, 0.5) is 5.13 Å². The molecule has 0 fully saturated rings. The van der Waals surface area contributed by atoms with Crippen molar-refractivity contribution in [1.29, 1.82) is 0 Å². The molecule has 1 heterocycles. The number of amides is 1. The smallest absolute Gasteiger partial charge is 0.250 e. The van der Waals surface area contributed by atoms with E-state index in [0.717, 1.165) is 10.2 Å². The van der Waals surface area contributed by atoms with E-state index in [1.165, 1.54) is 29.5 Å². The van der Waals surface area contributed by atoms with Crippen LogP contribution in [-0.4, -0.2) is 21.1 Å². The van der Waals surface area contributed by atoms with E-state index >= 15 is 0 Å². The molecule has 22 heavy (non-hydrogen) atoms. The van der Waals surface area contributed by atoms with Gasteiger partial charge < -0.3 is 10.2 Å². The lowest BCUT2D eigenvalue weighted by molar-refractivity contribution is -0.111. The first kappa shape index (κ1) is 14.1. The van der Waals surface area contributed by atoms with Gasteiger partial charge >= 0.3 is 0 Å². The first-order chi connectivity index (χ1) is 10.6. The predicted octanol–water partition coefficient (Wildman–Crippen LogP) is 3.36. The van der Waals surface area contributed by atoms with E-state index < -0.39 is 0 Å². The maximum atomic E-state index is 11.9. The highest BCUT2D eigenvalue weighted by molar-refractivity contribution is 7.22. The summed E-state index contributed by atoms with van der Waals surface area (Å²) in [5, 5.41) is 21.8. The lowest BCUT2D eigenvalue weighted by Gasteiger charge is -1.99. The molecule has 6 heteroatoms. The number of fused-ring (bicyclic) bond motifs is 1. The van der Waals surface area contributed by atoms with Crippen LogP contribution in [0.1, 0.15) is 5.56 Å². The highest BCUT2D eigenvalue weighted by Gasteiger charge is 2.05. The highest BCUT2D eigenvalue weighted by Crippen LogP contribution is 2.26. The van der Waals surface area contributed by atoms with Crippen LogP contribution in [0.5, 0.6) is 11.5 Å². The van der Waals surface area contributed by atoms with Crippen LogP contribution in [0.15, 0.2) is 48.5 Å². The minimum Gasteiger partial charge on any atom is -0.504 e. The lowest BCUT2D eigenvalue weighted by atomic mass is 10.2. The lowest BCUT2D eigenvalue weighted by Crippen LogP contribution is -2.07. The molecule has 3 aromatic rings. The molecule has 1 aromatic heterocycles. The fourth-order valence-corrected chi connectivity index (χ4v) is 2.76. The van der Waals surface area contributed by atoms with Crippen molar-refractivity contribution in [3.63, 3.8) is 0 Å². The van der Waals surface area contributed by atoms with Crippen molar-refractivity contribution in [2.45, 2.75) is 0 Å². The van der Waals surface area contributed by atoms with Gasteiger partial charge in [-0.25, -0.2) is 4.98 Å². The minimum absolute atomic E-state index is 0.198. The van der Waals surface area contributed by atoms with Gasteiger partial charge in [0.1, 0.15) is 0 Å². The van der Waals surface area contributed by atoms with Gasteiger partial charge in [-0.05, 0) is 35.9 Å². The number of benzene rings is 2. The third-order valence-corrected chi connectivity index (χ3v) is 3.90. The van der Waals surface area contributed by atoms with E-state index in [2.05, 4.69) is 10.3 Å². The Morgan fingerprint density at radius 3 is 2.73 bits per heavy atom. The molecule has 0 aliphatic rings. The standard InChI is InChI=1S/C16H12N2O3S/c19-12-7-5-10(9-13(12)20)6-8-15(21)18-16-17-11-3-1-2-4-14(11)22-16/h1-9,19-20H,(H,17,18,21)/b8-6+. The number of nitrogens with one attached hydrogen (secondary N) is 1. The maximum Gasteiger partial charge on any atom is 0.250 e. The van der Waals surface area contributed by atoms with Gasteiger partial charge in [-0.3, -0.25) is 10.1 Å². The predicted molar refractivity (Wildman–Crippen MR) is 87.1 cm³/mol. The van der Waals surface area contributed by atoms with Crippen LogP contribution in [0.25, 0.3) is 16.3 Å². The van der Waals surface area contributed by atoms with Gasteiger partial charge in [0.15, 0.2) is 16.6 Å². The minimum atomic E-state index is -0.313. The van der Waals surface area contributed by atoms with E-state index in [-0.39, 0.29) is 17.4 Å². The Balaban J connectivity index is 1.71. The largest absolute Gasteiger partial charge is 0.504 e. The third kappa shape index (κ3) is 3.07. The first-order valence-electron chi connectivity index (χ1n) is 6.48. The molecule has 3 rings (SSSR count). The molecule has 0 unspecified atom stereocenters. The molecule has 3 N–H and O–H groups in total. The topological polar surface area (TPSA) is 82.5 Å². The molecule has 0 spiro atoms. The number of phenolic OH excluding ortho intramolecular Hbond substituents is 2. The number of aromatic hydroxyl groups is 2. The molecule has 0 aliphatic carbocycles. The first-order valence-corrected chi connectivity index (χ1v) is 7.30. The Bertz CT molecular complexity index is 838.